The highest BCUT2D eigenvalue weighted by molar-refractivity contribution is 5.95. The fourth-order valence-electron chi connectivity index (χ4n) is 2.06. The fourth-order valence-corrected chi connectivity index (χ4v) is 2.06. The summed E-state index contributed by atoms with van der Waals surface area (Å²) >= 11 is 0. The second kappa shape index (κ2) is 8.80. The number of hydrogen-bond donors (Lipinski definition) is 2. The van der Waals surface area contributed by atoms with Crippen LogP contribution in [-0.2, 0) is 16.0 Å². The Morgan fingerprint density at radius 3 is 2.38 bits per heavy atom. The highest BCUT2D eigenvalue weighted by Crippen LogP contribution is 2.16. The molecule has 0 radical (unpaired) electrons. The maximum absolute atomic E-state index is 12.4. The quantitative estimate of drug-likeness (QED) is 0.742. The van der Waals surface area contributed by atoms with E-state index in [9.17, 15) is 22.8 Å². The van der Waals surface area contributed by atoms with Crippen LogP contribution >= 0.6 is 0 Å². The lowest BCUT2D eigenvalue weighted by atomic mass is 10.1. The van der Waals surface area contributed by atoms with Crippen LogP contribution in [0.25, 0.3) is 0 Å². The predicted molar refractivity (Wildman–Crippen MR) is 90.1 cm³/mol. The summed E-state index contributed by atoms with van der Waals surface area (Å²) in [4.78, 5) is 27.3. The number of anilines is 1. The number of aromatic nitrogens is 1. The van der Waals surface area contributed by atoms with E-state index in [4.69, 9.17) is 0 Å². The largest absolute Gasteiger partial charge is 0.454 e. The Morgan fingerprint density at radius 2 is 1.77 bits per heavy atom. The third-order valence-electron chi connectivity index (χ3n) is 3.33. The monoisotopic (exact) mass is 363 g/mol. The number of pyridine rings is 1. The van der Waals surface area contributed by atoms with Crippen molar-refractivity contribution in [2.24, 2.45) is 0 Å². The minimum absolute atomic E-state index is 0.212. The maximum atomic E-state index is 12.4. The first-order valence-electron chi connectivity index (χ1n) is 7.66. The number of ketones is 1. The lowest BCUT2D eigenvalue weighted by Gasteiger charge is -2.17. The van der Waals surface area contributed by atoms with Crippen molar-refractivity contribution >= 4 is 17.5 Å². The highest BCUT2D eigenvalue weighted by atomic mass is 19.4. The average Bonchev–Trinajstić information content (AvgIpc) is 2.61. The van der Waals surface area contributed by atoms with Crippen LogP contribution in [0.3, 0.4) is 0 Å². The lowest BCUT2D eigenvalue weighted by molar-refractivity contribution is -0.165. The molecule has 2 aromatic rings. The zero-order chi connectivity index (χ0) is 19.0. The third kappa shape index (κ3) is 6.04. The molecule has 1 aromatic heterocycles. The molecule has 1 atom stereocenters. The van der Waals surface area contributed by atoms with Crippen LogP contribution in [-0.4, -0.2) is 28.9 Å². The van der Waals surface area contributed by atoms with Gasteiger partial charge in [-0.05, 0) is 17.7 Å². The van der Waals surface area contributed by atoms with E-state index < -0.39 is 23.9 Å². The number of amides is 1. The molecule has 26 heavy (non-hydrogen) atoms. The number of hydrogen-bond acceptors (Lipinski definition) is 4. The number of halogens is 3. The summed E-state index contributed by atoms with van der Waals surface area (Å²) in [5.74, 6) is -2.18. The van der Waals surface area contributed by atoms with Gasteiger partial charge < -0.3 is 10.6 Å². The summed E-state index contributed by atoms with van der Waals surface area (Å²) in [6.45, 7) is 0. The van der Waals surface area contributed by atoms with Crippen molar-refractivity contribution < 1.29 is 22.8 Å². The van der Waals surface area contributed by atoms with Crippen molar-refractivity contribution in [3.63, 3.8) is 0 Å². The minimum atomic E-state index is -4.96. The molecule has 0 saturated heterocycles. The standard InChI is InChI=1S/C18H16F3N3O2/c19-18(20,21)15(25)9-11-22-14(12-13-6-2-1-3-7-13)17(26)24-16-8-4-5-10-23-16/h1-11,14,22H,12H2,(H,23,24,26)/b11-9+. The molecule has 1 aromatic carbocycles. The van der Waals surface area contributed by atoms with Crippen LogP contribution in [0.15, 0.2) is 67.0 Å². The summed E-state index contributed by atoms with van der Waals surface area (Å²) in [6, 6.07) is 13.0. The van der Waals surface area contributed by atoms with Crippen LogP contribution in [0, 0.1) is 0 Å². The number of rotatable bonds is 7. The number of allylic oxidation sites excluding steroid dienone is 1. The number of benzene rings is 1. The van der Waals surface area contributed by atoms with Crippen LogP contribution in [0.4, 0.5) is 19.0 Å². The summed E-state index contributed by atoms with van der Waals surface area (Å²) in [7, 11) is 0. The fraction of sp³-hybridized carbons (Fsp3) is 0.167. The van der Waals surface area contributed by atoms with Gasteiger partial charge in [-0.25, -0.2) is 4.98 Å². The lowest BCUT2D eigenvalue weighted by Crippen LogP contribution is -2.40. The smallest absolute Gasteiger partial charge is 0.379 e. The van der Waals surface area contributed by atoms with Crippen molar-refractivity contribution in [2.45, 2.75) is 18.6 Å². The van der Waals surface area contributed by atoms with Gasteiger partial charge in [0.1, 0.15) is 11.9 Å². The van der Waals surface area contributed by atoms with Gasteiger partial charge in [-0.15, -0.1) is 0 Å². The molecule has 1 amide bonds. The van der Waals surface area contributed by atoms with Gasteiger partial charge in [-0.3, -0.25) is 9.59 Å². The normalized spacial score (nSPS) is 12.6. The van der Waals surface area contributed by atoms with E-state index in [1.807, 2.05) is 6.07 Å². The van der Waals surface area contributed by atoms with Gasteiger partial charge in [0.05, 0.1) is 0 Å². The van der Waals surface area contributed by atoms with E-state index in [0.717, 1.165) is 11.8 Å². The molecule has 1 unspecified atom stereocenters. The van der Waals surface area contributed by atoms with E-state index >= 15 is 0 Å². The molecule has 0 fully saturated rings. The number of nitrogens with one attached hydrogen (secondary N) is 2. The van der Waals surface area contributed by atoms with E-state index in [1.54, 1.807) is 42.5 Å². The summed E-state index contributed by atoms with van der Waals surface area (Å²) in [5, 5.41) is 5.13. The Bertz CT molecular complexity index is 762. The van der Waals surface area contributed by atoms with E-state index in [1.165, 1.54) is 6.20 Å². The summed E-state index contributed by atoms with van der Waals surface area (Å²) in [6.07, 6.45) is -2.06. The van der Waals surface area contributed by atoms with Gasteiger partial charge in [-0.2, -0.15) is 13.2 Å². The Labute approximate surface area is 147 Å². The number of alkyl halides is 3. The molecular weight excluding hydrogens is 347 g/mol. The molecule has 2 rings (SSSR count). The second-order valence-corrected chi connectivity index (χ2v) is 5.31. The van der Waals surface area contributed by atoms with Crippen molar-refractivity contribution in [1.29, 1.82) is 0 Å². The summed E-state index contributed by atoms with van der Waals surface area (Å²) < 4.78 is 36.8. The van der Waals surface area contributed by atoms with E-state index in [0.29, 0.717) is 11.9 Å². The van der Waals surface area contributed by atoms with Gasteiger partial charge in [0.2, 0.25) is 5.91 Å². The number of carbonyl (C=O) groups excluding carboxylic acids is 2. The van der Waals surface area contributed by atoms with Gasteiger partial charge in [0.15, 0.2) is 0 Å². The topological polar surface area (TPSA) is 71.1 Å². The van der Waals surface area contributed by atoms with Crippen molar-refractivity contribution in [3.05, 3.63) is 72.6 Å². The Morgan fingerprint density at radius 1 is 1.08 bits per heavy atom. The maximum Gasteiger partial charge on any atom is 0.454 e. The zero-order valence-electron chi connectivity index (χ0n) is 13.5. The molecule has 136 valence electrons. The van der Waals surface area contributed by atoms with Gasteiger partial charge in [0.25, 0.3) is 5.78 Å². The summed E-state index contributed by atoms with van der Waals surface area (Å²) in [5.41, 5.74) is 0.803. The second-order valence-electron chi connectivity index (χ2n) is 5.31. The predicted octanol–water partition coefficient (Wildman–Crippen LogP) is 2.87. The first-order valence-corrected chi connectivity index (χ1v) is 7.66. The van der Waals surface area contributed by atoms with Crippen LogP contribution in [0.1, 0.15) is 5.56 Å². The first-order chi connectivity index (χ1) is 12.4. The van der Waals surface area contributed by atoms with Crippen LogP contribution < -0.4 is 10.6 Å². The minimum Gasteiger partial charge on any atom is -0.379 e. The van der Waals surface area contributed by atoms with Crippen LogP contribution in [0.5, 0.6) is 0 Å². The number of carbonyl (C=O) groups is 2. The molecule has 8 heteroatoms. The molecule has 0 aliphatic heterocycles. The van der Waals surface area contributed by atoms with Crippen molar-refractivity contribution in [1.82, 2.24) is 10.3 Å². The molecule has 2 N–H and O–H groups in total. The molecule has 0 saturated carbocycles. The van der Waals surface area contributed by atoms with Crippen LogP contribution in [0.2, 0.25) is 0 Å². The van der Waals surface area contributed by atoms with Gasteiger partial charge >= 0.3 is 6.18 Å². The van der Waals surface area contributed by atoms with Crippen molar-refractivity contribution in [3.8, 4) is 0 Å². The SMILES string of the molecule is O=C(Nc1ccccn1)C(Cc1ccccc1)N/C=C/C(=O)C(F)(F)F. The highest BCUT2D eigenvalue weighted by Gasteiger charge is 2.36. The van der Waals surface area contributed by atoms with E-state index in [-0.39, 0.29) is 6.42 Å². The Hall–Kier alpha value is -3.16. The van der Waals surface area contributed by atoms with Gasteiger partial charge in [0, 0.05) is 24.9 Å². The molecule has 0 spiro atoms. The molecule has 5 nitrogen and oxygen atoms in total. The Kier molecular flexibility index (Phi) is 6.48. The molecule has 0 aliphatic rings. The third-order valence-corrected chi connectivity index (χ3v) is 3.33. The molecular formula is C18H16F3N3O2. The zero-order valence-corrected chi connectivity index (χ0v) is 13.5. The van der Waals surface area contributed by atoms with Crippen molar-refractivity contribution in [2.75, 3.05) is 5.32 Å². The average molecular weight is 363 g/mol. The van der Waals surface area contributed by atoms with Gasteiger partial charge in [-0.1, -0.05) is 36.4 Å². The Balaban J connectivity index is 2.09. The molecule has 1 heterocycles. The van der Waals surface area contributed by atoms with E-state index in [2.05, 4.69) is 15.6 Å². The first kappa shape index (κ1) is 19.2. The molecule has 0 aliphatic carbocycles. The molecule has 0 bridgehead atoms. The number of nitrogens with zero attached hydrogens (tertiary/aromatic N) is 1.